The van der Waals surface area contributed by atoms with Gasteiger partial charge in [-0.05, 0) is 51.3 Å². The van der Waals surface area contributed by atoms with E-state index in [-0.39, 0.29) is 12.5 Å². The lowest BCUT2D eigenvalue weighted by atomic mass is 9.97. The van der Waals surface area contributed by atoms with Crippen LogP contribution in [-0.2, 0) is 16.2 Å². The summed E-state index contributed by atoms with van der Waals surface area (Å²) in [4.78, 5) is 11.0. The fraction of sp³-hybridized carbons (Fsp3) is 0.529. The van der Waals surface area contributed by atoms with Crippen molar-refractivity contribution in [1.82, 2.24) is 4.72 Å². The largest absolute Gasteiger partial charge is 0.598 e. The number of benzene rings is 1. The molecule has 0 radical (unpaired) electrons. The molecule has 6 nitrogen and oxygen atoms in total. The standard InChI is InChI=1S/C17H24N2O4S/c1-17(2,3)24(22)19-15(9-8-13(11-18)16(20)21)12-6-5-7-14(10-12)23-4/h5-7,10,13,15,19H,8-9H2,1-4H3,(H,20,21)/t13?,15-,24?/m1/s1. The van der Waals surface area contributed by atoms with Gasteiger partial charge in [-0.3, -0.25) is 4.79 Å². The van der Waals surface area contributed by atoms with Crippen molar-refractivity contribution in [3.8, 4) is 11.8 Å². The fourth-order valence-electron chi connectivity index (χ4n) is 2.03. The number of nitrogens with zero attached hydrogens (tertiary/aromatic N) is 1. The molecule has 0 aliphatic heterocycles. The average molecular weight is 352 g/mol. The maximum atomic E-state index is 12.4. The van der Waals surface area contributed by atoms with Crippen LogP contribution in [0.3, 0.4) is 0 Å². The number of methoxy groups -OCH3 is 1. The summed E-state index contributed by atoms with van der Waals surface area (Å²) in [6.07, 6.45) is 0.543. The fourth-order valence-corrected chi connectivity index (χ4v) is 2.90. The third-order valence-corrected chi connectivity index (χ3v) is 5.11. The van der Waals surface area contributed by atoms with Gasteiger partial charge in [-0.1, -0.05) is 12.1 Å². The zero-order valence-electron chi connectivity index (χ0n) is 14.4. The number of aliphatic carboxylic acids is 1. The molecule has 24 heavy (non-hydrogen) atoms. The zero-order valence-corrected chi connectivity index (χ0v) is 15.2. The molecule has 1 rings (SSSR count). The molecular formula is C17H24N2O4S. The molecule has 0 heterocycles. The Hall–Kier alpha value is -1.75. The number of hydrogen-bond donors (Lipinski definition) is 2. The first kappa shape index (κ1) is 20.3. The van der Waals surface area contributed by atoms with E-state index in [0.29, 0.717) is 12.2 Å². The van der Waals surface area contributed by atoms with E-state index in [1.165, 1.54) is 0 Å². The van der Waals surface area contributed by atoms with Crippen molar-refractivity contribution in [2.24, 2.45) is 5.92 Å². The number of ether oxygens (including phenoxy) is 1. The maximum absolute atomic E-state index is 12.4. The van der Waals surface area contributed by atoms with Crippen LogP contribution in [0.2, 0.25) is 0 Å². The molecule has 2 N–H and O–H groups in total. The predicted molar refractivity (Wildman–Crippen MR) is 92.7 cm³/mol. The van der Waals surface area contributed by atoms with Crippen LogP contribution in [0.1, 0.15) is 45.2 Å². The Morgan fingerprint density at radius 2 is 2.12 bits per heavy atom. The number of nitriles is 1. The first-order chi connectivity index (χ1) is 11.2. The van der Waals surface area contributed by atoms with Crippen LogP contribution >= 0.6 is 0 Å². The summed E-state index contributed by atoms with van der Waals surface area (Å²) in [6.45, 7) is 5.57. The van der Waals surface area contributed by atoms with Gasteiger partial charge < -0.3 is 14.4 Å². The van der Waals surface area contributed by atoms with E-state index in [1.807, 2.05) is 39.0 Å². The molecule has 0 aromatic heterocycles. The minimum Gasteiger partial charge on any atom is -0.598 e. The summed E-state index contributed by atoms with van der Waals surface area (Å²) in [6, 6.07) is 8.75. The van der Waals surface area contributed by atoms with Gasteiger partial charge >= 0.3 is 5.97 Å². The van der Waals surface area contributed by atoms with Gasteiger partial charge in [0.2, 0.25) is 0 Å². The van der Waals surface area contributed by atoms with E-state index in [1.54, 1.807) is 19.2 Å². The number of rotatable bonds is 8. The number of carbonyl (C=O) groups is 1. The van der Waals surface area contributed by atoms with Gasteiger partial charge in [-0.2, -0.15) is 5.26 Å². The summed E-state index contributed by atoms with van der Waals surface area (Å²) in [7, 11) is 1.56. The lowest BCUT2D eigenvalue weighted by molar-refractivity contribution is -0.140. The van der Waals surface area contributed by atoms with E-state index < -0.39 is 28.0 Å². The van der Waals surface area contributed by atoms with Gasteiger partial charge in [-0.15, -0.1) is 4.72 Å². The molecule has 0 saturated heterocycles. The minimum absolute atomic E-state index is 0.169. The molecule has 2 unspecified atom stereocenters. The molecular weight excluding hydrogens is 328 g/mol. The van der Waals surface area contributed by atoms with Crippen LogP contribution in [-0.4, -0.2) is 27.5 Å². The van der Waals surface area contributed by atoms with E-state index in [9.17, 15) is 9.35 Å². The highest BCUT2D eigenvalue weighted by atomic mass is 32.2. The van der Waals surface area contributed by atoms with Gasteiger partial charge in [0, 0.05) is 11.4 Å². The normalized spacial score (nSPS) is 15.2. The highest BCUT2D eigenvalue weighted by molar-refractivity contribution is 7.90. The molecule has 0 fully saturated rings. The van der Waals surface area contributed by atoms with Gasteiger partial charge in [-0.25, -0.2) is 0 Å². The molecule has 1 aromatic carbocycles. The van der Waals surface area contributed by atoms with Gasteiger partial charge in [0.1, 0.15) is 16.4 Å². The lowest BCUT2D eigenvalue weighted by Crippen LogP contribution is -2.41. The molecule has 0 aliphatic rings. The summed E-state index contributed by atoms with van der Waals surface area (Å²) >= 11 is -1.32. The Labute approximate surface area is 146 Å². The van der Waals surface area contributed by atoms with Crippen LogP contribution in [0.5, 0.6) is 5.75 Å². The van der Waals surface area contributed by atoms with Crippen molar-refractivity contribution >= 4 is 17.3 Å². The monoisotopic (exact) mass is 352 g/mol. The van der Waals surface area contributed by atoms with Crippen molar-refractivity contribution in [3.63, 3.8) is 0 Å². The predicted octanol–water partition coefficient (Wildman–Crippen LogP) is 2.79. The number of nitrogens with one attached hydrogen (secondary N) is 1. The Morgan fingerprint density at radius 1 is 1.46 bits per heavy atom. The molecule has 7 heteroatoms. The van der Waals surface area contributed by atoms with Crippen molar-refractivity contribution in [3.05, 3.63) is 29.8 Å². The van der Waals surface area contributed by atoms with Gasteiger partial charge in [0.15, 0.2) is 0 Å². The molecule has 1 aromatic rings. The van der Waals surface area contributed by atoms with E-state index in [4.69, 9.17) is 15.1 Å². The van der Waals surface area contributed by atoms with Crippen LogP contribution in [0.25, 0.3) is 0 Å². The van der Waals surface area contributed by atoms with E-state index >= 15 is 0 Å². The SMILES string of the molecule is COc1cccc([C@@H](CCC(C#N)C(=O)O)N[S+]([O-])C(C)(C)C)c1. The zero-order chi connectivity index (χ0) is 18.3. The molecule has 0 spiro atoms. The number of hydrogen-bond acceptors (Lipinski definition) is 5. The van der Waals surface area contributed by atoms with Crippen molar-refractivity contribution in [1.29, 1.82) is 5.26 Å². The Kier molecular flexibility index (Phi) is 7.55. The lowest BCUT2D eigenvalue weighted by Gasteiger charge is -2.28. The Bertz CT molecular complexity index is 595. The van der Waals surface area contributed by atoms with Crippen molar-refractivity contribution in [2.75, 3.05) is 7.11 Å². The first-order valence-corrected chi connectivity index (χ1v) is 8.78. The third kappa shape index (κ3) is 6.04. The summed E-state index contributed by atoms with van der Waals surface area (Å²) in [5.74, 6) is -1.56. The van der Waals surface area contributed by atoms with Gasteiger partial charge in [0.05, 0.1) is 19.2 Å². The molecule has 132 valence electrons. The van der Waals surface area contributed by atoms with Crippen LogP contribution in [0.15, 0.2) is 24.3 Å². The Balaban J connectivity index is 2.98. The molecule has 0 amide bonds. The van der Waals surface area contributed by atoms with Crippen molar-refractivity contribution in [2.45, 2.75) is 44.4 Å². The number of carboxylic acid groups (broad SMARTS) is 1. The average Bonchev–Trinajstić information content (AvgIpc) is 2.52. The smallest absolute Gasteiger partial charge is 0.320 e. The van der Waals surface area contributed by atoms with Gasteiger partial charge in [0.25, 0.3) is 0 Å². The minimum atomic E-state index is -1.32. The second-order valence-corrected chi connectivity index (χ2v) is 8.42. The summed E-state index contributed by atoms with van der Waals surface area (Å²) in [5, 5.41) is 18.0. The molecule has 0 bridgehead atoms. The third-order valence-electron chi connectivity index (χ3n) is 3.50. The van der Waals surface area contributed by atoms with E-state index in [0.717, 1.165) is 5.56 Å². The summed E-state index contributed by atoms with van der Waals surface area (Å²) in [5.41, 5.74) is 0.842. The quantitative estimate of drug-likeness (QED) is 0.697. The Morgan fingerprint density at radius 3 is 2.62 bits per heavy atom. The number of carboxylic acids is 1. The van der Waals surface area contributed by atoms with Crippen LogP contribution in [0.4, 0.5) is 0 Å². The topological polar surface area (TPSA) is 105 Å². The van der Waals surface area contributed by atoms with E-state index in [2.05, 4.69) is 4.72 Å². The second kappa shape index (κ2) is 8.92. The maximum Gasteiger partial charge on any atom is 0.320 e. The molecule has 0 saturated carbocycles. The van der Waals surface area contributed by atoms with Crippen LogP contribution in [0, 0.1) is 17.2 Å². The molecule has 3 atom stereocenters. The summed E-state index contributed by atoms with van der Waals surface area (Å²) < 4.78 is 20.2. The first-order valence-electron chi connectivity index (χ1n) is 7.63. The van der Waals surface area contributed by atoms with Crippen molar-refractivity contribution < 1.29 is 19.2 Å². The second-order valence-electron chi connectivity index (χ2n) is 6.43. The highest BCUT2D eigenvalue weighted by Gasteiger charge is 2.30. The molecule has 0 aliphatic carbocycles. The highest BCUT2D eigenvalue weighted by Crippen LogP contribution is 2.27. The van der Waals surface area contributed by atoms with Crippen LogP contribution < -0.4 is 9.46 Å².